The van der Waals surface area contributed by atoms with Gasteiger partial charge in [0.15, 0.2) is 0 Å². The van der Waals surface area contributed by atoms with Gasteiger partial charge >= 0.3 is 0 Å². The van der Waals surface area contributed by atoms with E-state index in [0.29, 0.717) is 65.2 Å². The highest BCUT2D eigenvalue weighted by Crippen LogP contribution is 2.37. The van der Waals surface area contributed by atoms with Gasteiger partial charge in [-0.1, -0.05) is 29.8 Å². The fourth-order valence-electron chi connectivity index (χ4n) is 3.62. The molecule has 0 aliphatic carbocycles. The largest absolute Gasteiger partial charge is 0.497 e. The first-order valence-corrected chi connectivity index (χ1v) is 10.6. The highest BCUT2D eigenvalue weighted by Gasteiger charge is 2.43. The summed E-state index contributed by atoms with van der Waals surface area (Å²) < 4.78 is 15.7. The molecule has 0 N–H and O–H groups in total. The van der Waals surface area contributed by atoms with Crippen LogP contribution in [0.3, 0.4) is 0 Å². The van der Waals surface area contributed by atoms with Crippen LogP contribution in [-0.4, -0.2) is 64.3 Å². The number of carbonyl (C=O) groups is 2. The van der Waals surface area contributed by atoms with Gasteiger partial charge in [-0.3, -0.25) is 9.59 Å². The second-order valence-corrected chi connectivity index (χ2v) is 7.66. The van der Waals surface area contributed by atoms with Crippen LogP contribution >= 0.6 is 11.6 Å². The van der Waals surface area contributed by atoms with Crippen molar-refractivity contribution in [1.82, 2.24) is 4.90 Å². The third-order valence-electron chi connectivity index (χ3n) is 5.37. The SMILES string of the molecule is COCCN(CCOC)C1=C(c2ccc(OC)cc2)C(=O)N(c2cccc(Cl)c2C)C1=O. The molecular formula is C24H27ClN2O5. The lowest BCUT2D eigenvalue weighted by Gasteiger charge is -2.26. The minimum atomic E-state index is -0.404. The first-order valence-electron chi connectivity index (χ1n) is 10.2. The predicted molar refractivity (Wildman–Crippen MR) is 124 cm³/mol. The molecule has 1 heterocycles. The molecule has 0 aromatic heterocycles. The maximum Gasteiger partial charge on any atom is 0.282 e. The van der Waals surface area contributed by atoms with Crippen LogP contribution in [0.5, 0.6) is 5.75 Å². The van der Waals surface area contributed by atoms with Gasteiger partial charge in [0.2, 0.25) is 0 Å². The van der Waals surface area contributed by atoms with Crippen molar-refractivity contribution in [1.29, 1.82) is 0 Å². The van der Waals surface area contributed by atoms with E-state index in [9.17, 15) is 9.59 Å². The van der Waals surface area contributed by atoms with E-state index < -0.39 is 11.8 Å². The number of hydrogen-bond donors (Lipinski definition) is 0. The summed E-state index contributed by atoms with van der Waals surface area (Å²) in [7, 11) is 4.76. The van der Waals surface area contributed by atoms with Crippen LogP contribution in [0.25, 0.3) is 5.57 Å². The Kier molecular flexibility index (Phi) is 7.90. The van der Waals surface area contributed by atoms with Crippen molar-refractivity contribution in [2.45, 2.75) is 6.92 Å². The van der Waals surface area contributed by atoms with Gasteiger partial charge in [0.1, 0.15) is 11.4 Å². The highest BCUT2D eigenvalue weighted by atomic mass is 35.5. The van der Waals surface area contributed by atoms with Gasteiger partial charge < -0.3 is 19.1 Å². The molecule has 0 atom stereocenters. The summed E-state index contributed by atoms with van der Waals surface area (Å²) in [6.07, 6.45) is 0. The Morgan fingerprint density at radius 2 is 1.53 bits per heavy atom. The fourth-order valence-corrected chi connectivity index (χ4v) is 3.79. The number of hydrogen-bond acceptors (Lipinski definition) is 6. The van der Waals surface area contributed by atoms with E-state index >= 15 is 0 Å². The number of anilines is 1. The standard InChI is InChI=1S/C24H27ClN2O5/c1-16-19(25)6-5-7-20(16)27-23(28)21(17-8-10-18(32-4)11-9-17)22(24(27)29)26(12-14-30-2)13-15-31-3/h5-11H,12-15H2,1-4H3. The van der Waals surface area contributed by atoms with E-state index in [0.717, 1.165) is 0 Å². The molecule has 0 spiro atoms. The van der Waals surface area contributed by atoms with Crippen molar-refractivity contribution < 1.29 is 23.8 Å². The number of imide groups is 1. The number of ether oxygens (including phenoxy) is 3. The number of halogens is 1. The number of carbonyl (C=O) groups excluding carboxylic acids is 2. The van der Waals surface area contributed by atoms with Crippen LogP contribution in [0.15, 0.2) is 48.2 Å². The maximum atomic E-state index is 13.7. The molecule has 1 aliphatic heterocycles. The summed E-state index contributed by atoms with van der Waals surface area (Å²) >= 11 is 6.29. The molecule has 32 heavy (non-hydrogen) atoms. The van der Waals surface area contributed by atoms with E-state index in [4.69, 9.17) is 25.8 Å². The molecular weight excluding hydrogens is 432 g/mol. The van der Waals surface area contributed by atoms with Crippen LogP contribution in [0.2, 0.25) is 5.02 Å². The molecule has 2 amide bonds. The lowest BCUT2D eigenvalue weighted by Crippen LogP contribution is -2.38. The average molecular weight is 459 g/mol. The van der Waals surface area contributed by atoms with Crippen molar-refractivity contribution >= 4 is 34.7 Å². The number of amides is 2. The van der Waals surface area contributed by atoms with Gasteiger partial charge in [-0.2, -0.15) is 0 Å². The molecule has 7 nitrogen and oxygen atoms in total. The maximum absolute atomic E-state index is 13.7. The van der Waals surface area contributed by atoms with Gasteiger partial charge in [0.25, 0.3) is 11.8 Å². The number of nitrogens with zero attached hydrogens (tertiary/aromatic N) is 2. The van der Waals surface area contributed by atoms with Crippen LogP contribution in [0.1, 0.15) is 11.1 Å². The minimum Gasteiger partial charge on any atom is -0.497 e. The van der Waals surface area contributed by atoms with E-state index in [1.165, 1.54) is 4.90 Å². The summed E-state index contributed by atoms with van der Waals surface area (Å²) in [5, 5.41) is 0.484. The minimum absolute atomic E-state index is 0.314. The van der Waals surface area contributed by atoms with Gasteiger partial charge in [-0.15, -0.1) is 0 Å². The Balaban J connectivity index is 2.15. The zero-order valence-corrected chi connectivity index (χ0v) is 19.4. The number of benzene rings is 2. The number of rotatable bonds is 10. The quantitative estimate of drug-likeness (QED) is 0.507. The third kappa shape index (κ3) is 4.65. The lowest BCUT2D eigenvalue weighted by atomic mass is 10.0. The van der Waals surface area contributed by atoms with Gasteiger partial charge in [0, 0.05) is 32.3 Å². The second kappa shape index (κ2) is 10.6. The normalized spacial score (nSPS) is 13.8. The zero-order chi connectivity index (χ0) is 23.3. The van der Waals surface area contributed by atoms with Crippen molar-refractivity contribution in [3.63, 3.8) is 0 Å². The molecule has 0 bridgehead atoms. The molecule has 0 saturated heterocycles. The molecule has 2 aromatic carbocycles. The Labute approximate surface area is 193 Å². The Morgan fingerprint density at radius 1 is 0.906 bits per heavy atom. The second-order valence-electron chi connectivity index (χ2n) is 7.25. The Morgan fingerprint density at radius 3 is 2.09 bits per heavy atom. The van der Waals surface area contributed by atoms with Crippen LogP contribution in [0.4, 0.5) is 5.69 Å². The van der Waals surface area contributed by atoms with Crippen LogP contribution < -0.4 is 9.64 Å². The lowest BCUT2D eigenvalue weighted by molar-refractivity contribution is -0.120. The first-order chi connectivity index (χ1) is 15.4. The van der Waals surface area contributed by atoms with Crippen LogP contribution in [0, 0.1) is 6.92 Å². The number of methoxy groups -OCH3 is 3. The third-order valence-corrected chi connectivity index (χ3v) is 5.77. The van der Waals surface area contributed by atoms with E-state index in [1.54, 1.807) is 70.7 Å². The average Bonchev–Trinajstić information content (AvgIpc) is 3.06. The molecule has 1 aliphatic rings. The van der Waals surface area contributed by atoms with Gasteiger partial charge in [-0.25, -0.2) is 4.90 Å². The Hall–Kier alpha value is -2.87. The topological polar surface area (TPSA) is 68.3 Å². The molecule has 0 saturated carbocycles. The summed E-state index contributed by atoms with van der Waals surface area (Å²) in [5.74, 6) is -0.149. The summed E-state index contributed by atoms with van der Waals surface area (Å²) in [4.78, 5) is 30.4. The first kappa shape index (κ1) is 23.8. The predicted octanol–water partition coefficient (Wildman–Crippen LogP) is 3.54. The molecule has 8 heteroatoms. The van der Waals surface area contributed by atoms with Gasteiger partial charge in [-0.05, 0) is 42.3 Å². The molecule has 2 aromatic rings. The summed E-state index contributed by atoms with van der Waals surface area (Å²) in [5.41, 5.74) is 2.39. The molecule has 3 rings (SSSR count). The fraction of sp³-hybridized carbons (Fsp3) is 0.333. The van der Waals surface area contributed by atoms with E-state index in [1.807, 2.05) is 4.90 Å². The zero-order valence-electron chi connectivity index (χ0n) is 18.7. The highest BCUT2D eigenvalue weighted by molar-refractivity contribution is 6.46. The monoisotopic (exact) mass is 458 g/mol. The molecule has 0 fully saturated rings. The summed E-state index contributed by atoms with van der Waals surface area (Å²) in [6.45, 7) is 3.42. The van der Waals surface area contributed by atoms with E-state index in [2.05, 4.69) is 0 Å². The van der Waals surface area contributed by atoms with Crippen molar-refractivity contribution in [2.75, 3.05) is 52.5 Å². The van der Waals surface area contributed by atoms with Crippen molar-refractivity contribution in [2.24, 2.45) is 0 Å². The summed E-state index contributed by atoms with van der Waals surface area (Å²) in [6, 6.07) is 12.3. The molecule has 170 valence electrons. The molecule has 0 radical (unpaired) electrons. The smallest absolute Gasteiger partial charge is 0.282 e. The van der Waals surface area contributed by atoms with Crippen LogP contribution in [-0.2, 0) is 19.1 Å². The molecule has 0 unspecified atom stereocenters. The van der Waals surface area contributed by atoms with Gasteiger partial charge in [0.05, 0.1) is 31.6 Å². The Bertz CT molecular complexity index is 1010. The van der Waals surface area contributed by atoms with Crippen molar-refractivity contribution in [3.05, 3.63) is 64.3 Å². The van der Waals surface area contributed by atoms with Crippen molar-refractivity contribution in [3.8, 4) is 5.75 Å². The van der Waals surface area contributed by atoms with E-state index in [-0.39, 0.29) is 0 Å².